The van der Waals surface area contributed by atoms with Gasteiger partial charge in [0.25, 0.3) is 0 Å². The van der Waals surface area contributed by atoms with E-state index in [1.165, 1.54) is 44.9 Å². The summed E-state index contributed by atoms with van der Waals surface area (Å²) in [7, 11) is 0. The van der Waals surface area contributed by atoms with E-state index in [0.717, 1.165) is 31.8 Å². The second kappa shape index (κ2) is 9.46. The molecule has 1 saturated carbocycles. The Bertz CT molecular complexity index is 198. The molecule has 0 heterocycles. The van der Waals surface area contributed by atoms with Gasteiger partial charge in [-0.05, 0) is 32.2 Å². The molecule has 0 atom stereocenters. The number of carboxylic acids is 1. The molecule has 0 amide bonds. The third kappa shape index (κ3) is 8.19. The van der Waals surface area contributed by atoms with Gasteiger partial charge in [0.2, 0.25) is 0 Å². The lowest BCUT2D eigenvalue weighted by Gasteiger charge is -2.21. The number of hydrogen-bond donors (Lipinski definition) is 2. The molecule has 0 aliphatic heterocycles. The van der Waals surface area contributed by atoms with Crippen LogP contribution >= 0.6 is 0 Å². The summed E-state index contributed by atoms with van der Waals surface area (Å²) in [5.41, 5.74) is 0. The highest BCUT2D eigenvalue weighted by atomic mass is 16.4. The third-order valence-electron chi connectivity index (χ3n) is 3.61. The summed E-state index contributed by atoms with van der Waals surface area (Å²) in [4.78, 5) is 10.3. The first-order valence-corrected chi connectivity index (χ1v) is 7.24. The van der Waals surface area contributed by atoms with Gasteiger partial charge in [0.15, 0.2) is 0 Å². The predicted molar refractivity (Wildman–Crippen MR) is 70.2 cm³/mol. The van der Waals surface area contributed by atoms with Crippen LogP contribution in [0.4, 0.5) is 0 Å². The number of rotatable bonds is 7. The lowest BCUT2D eigenvalue weighted by molar-refractivity contribution is -0.137. The fourth-order valence-corrected chi connectivity index (χ4v) is 2.54. The first kappa shape index (κ1) is 14.5. The minimum atomic E-state index is -0.669. The van der Waals surface area contributed by atoms with Crippen LogP contribution in [0.1, 0.15) is 70.6 Å². The molecular formula is C14H27NO2. The highest BCUT2D eigenvalue weighted by molar-refractivity contribution is 5.66. The highest BCUT2D eigenvalue weighted by Crippen LogP contribution is 2.17. The normalized spacial score (nSPS) is 18.6. The number of nitrogens with one attached hydrogen (secondary N) is 1. The molecular weight excluding hydrogens is 214 g/mol. The standard InChI is InChI=1S/C14H27NO2/c16-14(17)11-7-4-8-12-15-13-9-5-2-1-3-6-10-13/h13,15H,1-12H2,(H,16,17). The quantitative estimate of drug-likeness (QED) is 0.672. The summed E-state index contributed by atoms with van der Waals surface area (Å²) in [6.07, 6.45) is 12.9. The number of carboxylic acid groups (broad SMARTS) is 1. The van der Waals surface area contributed by atoms with Crippen LogP contribution < -0.4 is 5.32 Å². The van der Waals surface area contributed by atoms with E-state index in [0.29, 0.717) is 6.42 Å². The molecule has 2 N–H and O–H groups in total. The Labute approximate surface area is 105 Å². The van der Waals surface area contributed by atoms with E-state index >= 15 is 0 Å². The highest BCUT2D eigenvalue weighted by Gasteiger charge is 2.09. The largest absolute Gasteiger partial charge is 0.481 e. The zero-order valence-electron chi connectivity index (χ0n) is 10.9. The van der Waals surface area contributed by atoms with E-state index in [4.69, 9.17) is 5.11 Å². The summed E-state index contributed by atoms with van der Waals surface area (Å²) >= 11 is 0. The van der Waals surface area contributed by atoms with E-state index in [2.05, 4.69) is 5.32 Å². The molecule has 1 rings (SSSR count). The van der Waals surface area contributed by atoms with Gasteiger partial charge < -0.3 is 10.4 Å². The fourth-order valence-electron chi connectivity index (χ4n) is 2.54. The van der Waals surface area contributed by atoms with Crippen molar-refractivity contribution >= 4 is 5.97 Å². The van der Waals surface area contributed by atoms with Crippen LogP contribution in [-0.2, 0) is 4.79 Å². The van der Waals surface area contributed by atoms with Crippen LogP contribution in [0.5, 0.6) is 0 Å². The van der Waals surface area contributed by atoms with Gasteiger partial charge in [-0.2, -0.15) is 0 Å². The lowest BCUT2D eigenvalue weighted by atomic mass is 9.96. The lowest BCUT2D eigenvalue weighted by Crippen LogP contribution is -2.30. The third-order valence-corrected chi connectivity index (χ3v) is 3.61. The molecule has 1 aliphatic carbocycles. The van der Waals surface area contributed by atoms with E-state index in [9.17, 15) is 4.79 Å². The van der Waals surface area contributed by atoms with Crippen molar-refractivity contribution in [3.8, 4) is 0 Å². The molecule has 17 heavy (non-hydrogen) atoms. The van der Waals surface area contributed by atoms with Gasteiger partial charge >= 0.3 is 5.97 Å². The molecule has 0 bridgehead atoms. The summed E-state index contributed by atoms with van der Waals surface area (Å²) in [6, 6.07) is 0.717. The molecule has 0 radical (unpaired) electrons. The molecule has 0 aromatic carbocycles. The smallest absolute Gasteiger partial charge is 0.303 e. The summed E-state index contributed by atoms with van der Waals surface area (Å²) in [6.45, 7) is 1.06. The number of hydrogen-bond acceptors (Lipinski definition) is 2. The van der Waals surface area contributed by atoms with Gasteiger partial charge in [-0.3, -0.25) is 4.79 Å². The van der Waals surface area contributed by atoms with Crippen LogP contribution in [0, 0.1) is 0 Å². The molecule has 100 valence electrons. The first-order valence-electron chi connectivity index (χ1n) is 7.24. The second-order valence-corrected chi connectivity index (χ2v) is 5.20. The van der Waals surface area contributed by atoms with Gasteiger partial charge in [0.1, 0.15) is 0 Å². The minimum Gasteiger partial charge on any atom is -0.481 e. The molecule has 0 unspecified atom stereocenters. The van der Waals surface area contributed by atoms with Crippen LogP contribution in [0.2, 0.25) is 0 Å². The first-order chi connectivity index (χ1) is 8.29. The topological polar surface area (TPSA) is 49.3 Å². The maximum atomic E-state index is 10.3. The fraction of sp³-hybridized carbons (Fsp3) is 0.929. The van der Waals surface area contributed by atoms with Crippen molar-refractivity contribution in [1.29, 1.82) is 0 Å². The zero-order valence-corrected chi connectivity index (χ0v) is 10.9. The van der Waals surface area contributed by atoms with Gasteiger partial charge in [0.05, 0.1) is 0 Å². The molecule has 3 nitrogen and oxygen atoms in total. The molecule has 3 heteroatoms. The molecule has 0 aromatic heterocycles. The van der Waals surface area contributed by atoms with E-state index in [1.54, 1.807) is 0 Å². The second-order valence-electron chi connectivity index (χ2n) is 5.20. The molecule has 0 aromatic rings. The monoisotopic (exact) mass is 241 g/mol. The number of aliphatic carboxylic acids is 1. The van der Waals surface area contributed by atoms with Gasteiger partial charge in [0, 0.05) is 12.5 Å². The maximum absolute atomic E-state index is 10.3. The molecule has 0 spiro atoms. The molecule has 1 fully saturated rings. The summed E-state index contributed by atoms with van der Waals surface area (Å²) < 4.78 is 0. The van der Waals surface area contributed by atoms with E-state index in [-0.39, 0.29) is 0 Å². The maximum Gasteiger partial charge on any atom is 0.303 e. The Morgan fingerprint density at radius 1 is 1.00 bits per heavy atom. The Balaban J connectivity index is 1.95. The van der Waals surface area contributed by atoms with Crippen molar-refractivity contribution in [2.45, 2.75) is 76.7 Å². The Kier molecular flexibility index (Phi) is 8.06. The van der Waals surface area contributed by atoms with Gasteiger partial charge in [-0.15, -0.1) is 0 Å². The SMILES string of the molecule is O=C(O)CCCCCNC1CCCCCCC1. The van der Waals surface area contributed by atoms with Crippen molar-refractivity contribution in [1.82, 2.24) is 5.32 Å². The zero-order chi connectivity index (χ0) is 12.3. The molecule has 0 saturated heterocycles. The van der Waals surface area contributed by atoms with Crippen LogP contribution in [0.15, 0.2) is 0 Å². The minimum absolute atomic E-state index is 0.323. The summed E-state index contributed by atoms with van der Waals surface area (Å²) in [5, 5.41) is 12.1. The van der Waals surface area contributed by atoms with Crippen LogP contribution in [0.25, 0.3) is 0 Å². The van der Waals surface area contributed by atoms with E-state index in [1.807, 2.05) is 0 Å². The van der Waals surface area contributed by atoms with Crippen LogP contribution in [-0.4, -0.2) is 23.7 Å². The van der Waals surface area contributed by atoms with Crippen molar-refractivity contribution in [2.75, 3.05) is 6.54 Å². The number of carbonyl (C=O) groups is 1. The van der Waals surface area contributed by atoms with E-state index < -0.39 is 5.97 Å². The van der Waals surface area contributed by atoms with Gasteiger partial charge in [-0.25, -0.2) is 0 Å². The Morgan fingerprint density at radius 3 is 2.29 bits per heavy atom. The average Bonchev–Trinajstić information content (AvgIpc) is 2.25. The van der Waals surface area contributed by atoms with Crippen molar-refractivity contribution in [2.24, 2.45) is 0 Å². The summed E-state index contributed by atoms with van der Waals surface area (Å²) in [5.74, 6) is -0.669. The van der Waals surface area contributed by atoms with Crippen molar-refractivity contribution < 1.29 is 9.90 Å². The van der Waals surface area contributed by atoms with Crippen LogP contribution in [0.3, 0.4) is 0 Å². The predicted octanol–water partition coefficient (Wildman–Crippen LogP) is 3.33. The Hall–Kier alpha value is -0.570. The molecule has 1 aliphatic rings. The van der Waals surface area contributed by atoms with Gasteiger partial charge in [-0.1, -0.05) is 38.5 Å². The number of unbranched alkanes of at least 4 members (excludes halogenated alkanes) is 2. The average molecular weight is 241 g/mol. The van der Waals surface area contributed by atoms with Crippen molar-refractivity contribution in [3.63, 3.8) is 0 Å². The van der Waals surface area contributed by atoms with Crippen molar-refractivity contribution in [3.05, 3.63) is 0 Å². The Morgan fingerprint density at radius 2 is 1.65 bits per heavy atom.